The Hall–Kier alpha value is -4.27. The van der Waals surface area contributed by atoms with Gasteiger partial charge < -0.3 is 29.1 Å². The van der Waals surface area contributed by atoms with Crippen molar-refractivity contribution in [1.29, 1.82) is 0 Å². The standard InChI is InChI=1S/C22H17N3O6/c26-21(27)17-10-15(5-6-23-17)30-14-2-3-16-19(11-14)31-22(25-16)24-12-13-1-4-18-20(9-13)29-8-7-28-18/h1-6,9-11H,7-8,12H2,(H,24,25)(H,26,27). The number of pyridine rings is 1. The molecule has 0 fully saturated rings. The zero-order chi connectivity index (χ0) is 21.2. The molecule has 0 aliphatic carbocycles. The van der Waals surface area contributed by atoms with Gasteiger partial charge in [-0.1, -0.05) is 6.07 Å². The monoisotopic (exact) mass is 419 g/mol. The van der Waals surface area contributed by atoms with E-state index in [1.165, 1.54) is 12.3 Å². The van der Waals surface area contributed by atoms with Gasteiger partial charge in [-0.2, -0.15) is 4.98 Å². The zero-order valence-electron chi connectivity index (χ0n) is 16.2. The Morgan fingerprint density at radius 1 is 1.03 bits per heavy atom. The van der Waals surface area contributed by atoms with E-state index in [1.54, 1.807) is 24.3 Å². The van der Waals surface area contributed by atoms with Crippen LogP contribution in [0.2, 0.25) is 0 Å². The molecule has 0 atom stereocenters. The van der Waals surface area contributed by atoms with Gasteiger partial charge in [-0.25, -0.2) is 9.78 Å². The number of rotatable bonds is 6. The number of nitrogens with zero attached hydrogens (tertiary/aromatic N) is 2. The number of anilines is 1. The van der Waals surface area contributed by atoms with Gasteiger partial charge in [-0.15, -0.1) is 0 Å². The highest BCUT2D eigenvalue weighted by Crippen LogP contribution is 2.31. The molecule has 0 saturated heterocycles. The summed E-state index contributed by atoms with van der Waals surface area (Å²) < 4.78 is 22.6. The minimum absolute atomic E-state index is 0.0936. The molecule has 9 nitrogen and oxygen atoms in total. The maximum atomic E-state index is 11.1. The Morgan fingerprint density at radius 2 is 1.87 bits per heavy atom. The summed E-state index contributed by atoms with van der Waals surface area (Å²) in [5.41, 5.74) is 2.11. The maximum absolute atomic E-state index is 11.1. The van der Waals surface area contributed by atoms with Crippen molar-refractivity contribution < 1.29 is 28.5 Å². The van der Waals surface area contributed by atoms with Crippen LogP contribution in [0.3, 0.4) is 0 Å². The van der Waals surface area contributed by atoms with Crippen LogP contribution >= 0.6 is 0 Å². The van der Waals surface area contributed by atoms with E-state index in [0.29, 0.717) is 48.4 Å². The number of oxazole rings is 1. The highest BCUT2D eigenvalue weighted by Gasteiger charge is 2.13. The maximum Gasteiger partial charge on any atom is 0.354 e. The summed E-state index contributed by atoms with van der Waals surface area (Å²) in [4.78, 5) is 19.3. The fraction of sp³-hybridized carbons (Fsp3) is 0.136. The molecule has 0 amide bonds. The number of hydrogen-bond acceptors (Lipinski definition) is 8. The molecule has 1 aliphatic heterocycles. The summed E-state index contributed by atoms with van der Waals surface area (Å²) in [6, 6.07) is 14.3. The second-order valence-electron chi connectivity index (χ2n) is 6.76. The van der Waals surface area contributed by atoms with Crippen molar-refractivity contribution >= 4 is 23.1 Å². The van der Waals surface area contributed by atoms with Crippen LogP contribution in [0.1, 0.15) is 16.1 Å². The molecule has 1 aliphatic rings. The molecule has 31 heavy (non-hydrogen) atoms. The first-order valence-electron chi connectivity index (χ1n) is 9.54. The molecule has 5 rings (SSSR count). The third-order valence-corrected chi connectivity index (χ3v) is 4.60. The van der Waals surface area contributed by atoms with Gasteiger partial charge in [-0.05, 0) is 35.9 Å². The van der Waals surface area contributed by atoms with E-state index in [1.807, 2.05) is 18.2 Å². The molecule has 4 aromatic rings. The van der Waals surface area contributed by atoms with Crippen molar-refractivity contribution in [2.45, 2.75) is 6.54 Å². The van der Waals surface area contributed by atoms with Crippen LogP contribution < -0.4 is 19.5 Å². The van der Waals surface area contributed by atoms with E-state index in [0.717, 1.165) is 17.1 Å². The molecule has 156 valence electrons. The van der Waals surface area contributed by atoms with E-state index in [2.05, 4.69) is 15.3 Å². The number of carboxylic acid groups (broad SMARTS) is 1. The summed E-state index contributed by atoms with van der Waals surface area (Å²) in [5.74, 6) is 1.21. The van der Waals surface area contributed by atoms with Crippen LogP contribution in [0.4, 0.5) is 6.01 Å². The van der Waals surface area contributed by atoms with Crippen LogP contribution in [-0.2, 0) is 6.54 Å². The topological polar surface area (TPSA) is 116 Å². The molecular weight excluding hydrogens is 402 g/mol. The molecule has 0 spiro atoms. The number of carboxylic acids is 1. The number of nitrogens with one attached hydrogen (secondary N) is 1. The average Bonchev–Trinajstić information content (AvgIpc) is 3.20. The lowest BCUT2D eigenvalue weighted by molar-refractivity contribution is 0.0690. The number of fused-ring (bicyclic) bond motifs is 2. The first kappa shape index (κ1) is 18.7. The van der Waals surface area contributed by atoms with Gasteiger partial charge >= 0.3 is 5.97 Å². The van der Waals surface area contributed by atoms with E-state index < -0.39 is 5.97 Å². The third kappa shape index (κ3) is 4.06. The lowest BCUT2D eigenvalue weighted by atomic mass is 10.2. The number of aromatic nitrogens is 2. The van der Waals surface area contributed by atoms with Crippen LogP contribution in [0.5, 0.6) is 23.0 Å². The third-order valence-electron chi connectivity index (χ3n) is 4.60. The Bertz CT molecular complexity index is 1270. The molecular formula is C22H17N3O6. The molecule has 2 aromatic carbocycles. The van der Waals surface area contributed by atoms with Crippen LogP contribution in [0, 0.1) is 0 Å². The number of ether oxygens (including phenoxy) is 3. The highest BCUT2D eigenvalue weighted by atomic mass is 16.6. The summed E-state index contributed by atoms with van der Waals surface area (Å²) in [6.07, 6.45) is 1.38. The van der Waals surface area contributed by atoms with Crippen molar-refractivity contribution in [2.75, 3.05) is 18.5 Å². The fourth-order valence-corrected chi connectivity index (χ4v) is 3.15. The van der Waals surface area contributed by atoms with E-state index in [4.69, 9.17) is 23.7 Å². The summed E-state index contributed by atoms with van der Waals surface area (Å²) in [6.45, 7) is 1.60. The fourth-order valence-electron chi connectivity index (χ4n) is 3.15. The number of carbonyl (C=O) groups is 1. The second kappa shape index (κ2) is 7.86. The number of benzene rings is 2. The first-order chi connectivity index (χ1) is 15.1. The Kier molecular flexibility index (Phi) is 4.75. The molecule has 0 radical (unpaired) electrons. The van der Waals surface area contributed by atoms with Gasteiger partial charge in [0.25, 0.3) is 6.01 Å². The van der Waals surface area contributed by atoms with E-state index >= 15 is 0 Å². The number of aromatic carboxylic acids is 1. The summed E-state index contributed by atoms with van der Waals surface area (Å²) in [7, 11) is 0. The lowest BCUT2D eigenvalue weighted by Gasteiger charge is -2.18. The SMILES string of the molecule is O=C(O)c1cc(Oc2ccc3nc(NCc4ccc5c(c4)OCCO5)oc3c2)ccn1. The summed E-state index contributed by atoms with van der Waals surface area (Å²) in [5, 5.41) is 12.2. The Labute approximate surface area is 176 Å². The van der Waals surface area contributed by atoms with Crippen LogP contribution in [0.25, 0.3) is 11.1 Å². The normalized spacial score (nSPS) is 12.5. The minimum Gasteiger partial charge on any atom is -0.486 e. The minimum atomic E-state index is -1.12. The van der Waals surface area contributed by atoms with Crippen LogP contribution in [0.15, 0.2) is 59.1 Å². The molecule has 0 unspecified atom stereocenters. The van der Waals surface area contributed by atoms with E-state index in [-0.39, 0.29) is 5.69 Å². The van der Waals surface area contributed by atoms with Gasteiger partial charge in [0, 0.05) is 24.9 Å². The van der Waals surface area contributed by atoms with Crippen molar-refractivity contribution in [1.82, 2.24) is 9.97 Å². The van der Waals surface area contributed by atoms with Crippen molar-refractivity contribution in [3.05, 3.63) is 66.0 Å². The van der Waals surface area contributed by atoms with Crippen molar-refractivity contribution in [3.8, 4) is 23.0 Å². The van der Waals surface area contributed by atoms with Gasteiger partial charge in [0.2, 0.25) is 0 Å². The Balaban J connectivity index is 1.29. The van der Waals surface area contributed by atoms with Gasteiger partial charge in [0.15, 0.2) is 22.8 Å². The van der Waals surface area contributed by atoms with Crippen LogP contribution in [-0.4, -0.2) is 34.3 Å². The molecule has 2 N–H and O–H groups in total. The molecule has 3 heterocycles. The van der Waals surface area contributed by atoms with E-state index in [9.17, 15) is 4.79 Å². The molecule has 0 bridgehead atoms. The zero-order valence-corrected chi connectivity index (χ0v) is 16.2. The van der Waals surface area contributed by atoms with Gasteiger partial charge in [-0.3, -0.25) is 0 Å². The van der Waals surface area contributed by atoms with Crippen molar-refractivity contribution in [2.24, 2.45) is 0 Å². The van der Waals surface area contributed by atoms with Gasteiger partial charge in [0.1, 0.15) is 30.2 Å². The smallest absolute Gasteiger partial charge is 0.354 e. The average molecular weight is 419 g/mol. The quantitative estimate of drug-likeness (QED) is 0.476. The Morgan fingerprint density at radius 3 is 2.74 bits per heavy atom. The molecule has 0 saturated carbocycles. The molecule has 2 aromatic heterocycles. The lowest BCUT2D eigenvalue weighted by Crippen LogP contribution is -2.15. The number of hydrogen-bond donors (Lipinski definition) is 2. The largest absolute Gasteiger partial charge is 0.486 e. The summed E-state index contributed by atoms with van der Waals surface area (Å²) >= 11 is 0. The van der Waals surface area contributed by atoms with Gasteiger partial charge in [0.05, 0.1) is 0 Å². The highest BCUT2D eigenvalue weighted by molar-refractivity contribution is 5.85. The second-order valence-corrected chi connectivity index (χ2v) is 6.76. The van der Waals surface area contributed by atoms with Crippen molar-refractivity contribution in [3.63, 3.8) is 0 Å². The molecule has 9 heteroatoms. The predicted molar refractivity (Wildman–Crippen MR) is 110 cm³/mol. The first-order valence-corrected chi connectivity index (χ1v) is 9.54. The predicted octanol–water partition coefficient (Wildman–Crippen LogP) is 4.10.